The van der Waals surface area contributed by atoms with E-state index in [-0.39, 0.29) is 23.4 Å². The number of carbonyl (C=O) groups excluding carboxylic acids is 1. The van der Waals surface area contributed by atoms with Gasteiger partial charge in [0.1, 0.15) is 6.54 Å². The van der Waals surface area contributed by atoms with Gasteiger partial charge in [-0.15, -0.1) is 0 Å². The third-order valence-electron chi connectivity index (χ3n) is 2.48. The van der Waals surface area contributed by atoms with Gasteiger partial charge in [0.05, 0.1) is 5.56 Å². The number of carbonyl (C=O) groups is 2. The Hall–Kier alpha value is -2.17. The second-order valence-electron chi connectivity index (χ2n) is 5.72. The fourth-order valence-corrected chi connectivity index (χ4v) is 1.38. The van der Waals surface area contributed by atoms with Crippen LogP contribution in [0, 0.1) is 5.41 Å². The van der Waals surface area contributed by atoms with E-state index in [2.05, 4.69) is 31.1 Å². The highest BCUT2D eigenvalue weighted by Crippen LogP contribution is 2.16. The molecule has 0 aromatic heterocycles. The monoisotopic (exact) mass is 276 g/mol. The molecule has 1 amide bonds. The number of nitrogens with one attached hydrogen (secondary N) is 1. The highest BCUT2D eigenvalue weighted by Gasteiger charge is 2.07. The highest BCUT2D eigenvalue weighted by atomic mass is 16.4. The number of hydrogen-bond acceptors (Lipinski definition) is 3. The molecule has 108 valence electrons. The predicted octanol–water partition coefficient (Wildman–Crippen LogP) is 2.83. The van der Waals surface area contributed by atoms with Crippen LogP contribution in [0.3, 0.4) is 0 Å². The molecule has 20 heavy (non-hydrogen) atoms. The summed E-state index contributed by atoms with van der Waals surface area (Å²) in [6, 6.07) is 6.00. The van der Waals surface area contributed by atoms with E-state index in [1.165, 1.54) is 12.1 Å². The van der Waals surface area contributed by atoms with Crippen LogP contribution in [0.1, 0.15) is 37.6 Å². The minimum absolute atomic E-state index is 0.0662. The fourth-order valence-electron chi connectivity index (χ4n) is 1.38. The van der Waals surface area contributed by atoms with Gasteiger partial charge < -0.3 is 10.4 Å². The average molecular weight is 276 g/mol. The van der Waals surface area contributed by atoms with E-state index in [4.69, 9.17) is 5.11 Å². The number of rotatable bonds is 5. The van der Waals surface area contributed by atoms with E-state index < -0.39 is 5.97 Å². The standard InChI is InChI=1S/C15H20N2O3/c1-15(2,3)8-9-16-10-13(18)17-12-6-4-11(5-7-12)14(19)20/h4-7,9H,8,10H2,1-3H3,(H,17,18)(H,19,20). The third kappa shape index (κ3) is 6.13. The van der Waals surface area contributed by atoms with E-state index in [9.17, 15) is 9.59 Å². The van der Waals surface area contributed by atoms with Crippen molar-refractivity contribution in [3.05, 3.63) is 29.8 Å². The smallest absolute Gasteiger partial charge is 0.335 e. The minimum Gasteiger partial charge on any atom is -0.478 e. The summed E-state index contributed by atoms with van der Waals surface area (Å²) in [6.45, 7) is 6.37. The first-order valence-electron chi connectivity index (χ1n) is 6.39. The van der Waals surface area contributed by atoms with Gasteiger partial charge >= 0.3 is 5.97 Å². The average Bonchev–Trinajstić information content (AvgIpc) is 2.34. The zero-order valence-electron chi connectivity index (χ0n) is 12.0. The molecule has 1 rings (SSSR count). The molecule has 0 spiro atoms. The molecule has 0 aliphatic heterocycles. The Labute approximate surface area is 118 Å². The zero-order chi connectivity index (χ0) is 15.2. The van der Waals surface area contributed by atoms with Crippen LogP contribution in [0.4, 0.5) is 5.69 Å². The number of aromatic carboxylic acids is 1. The minimum atomic E-state index is -0.991. The molecule has 0 fully saturated rings. The Morgan fingerprint density at radius 2 is 1.85 bits per heavy atom. The SMILES string of the molecule is CC(C)(C)CC=NCC(=O)Nc1ccc(C(=O)O)cc1. The first kappa shape index (κ1) is 15.9. The third-order valence-corrected chi connectivity index (χ3v) is 2.48. The molecule has 5 nitrogen and oxygen atoms in total. The largest absolute Gasteiger partial charge is 0.478 e. The zero-order valence-corrected chi connectivity index (χ0v) is 12.0. The van der Waals surface area contributed by atoms with Crippen molar-refractivity contribution in [3.63, 3.8) is 0 Å². The number of hydrogen-bond donors (Lipinski definition) is 2. The van der Waals surface area contributed by atoms with Crippen LogP contribution in [-0.4, -0.2) is 29.7 Å². The summed E-state index contributed by atoms with van der Waals surface area (Å²) < 4.78 is 0. The number of carboxylic acids is 1. The number of anilines is 1. The summed E-state index contributed by atoms with van der Waals surface area (Å²) in [5, 5.41) is 11.4. The molecule has 0 saturated heterocycles. The van der Waals surface area contributed by atoms with Crippen LogP contribution >= 0.6 is 0 Å². The van der Waals surface area contributed by atoms with E-state index in [1.54, 1.807) is 18.3 Å². The molecule has 1 aromatic rings. The molecule has 0 radical (unpaired) electrons. The summed E-state index contributed by atoms with van der Waals surface area (Å²) in [5.41, 5.74) is 0.907. The summed E-state index contributed by atoms with van der Waals surface area (Å²) in [7, 11) is 0. The van der Waals surface area contributed by atoms with Gasteiger partial charge in [-0.2, -0.15) is 0 Å². The van der Waals surface area contributed by atoms with Crippen LogP contribution in [0.5, 0.6) is 0 Å². The van der Waals surface area contributed by atoms with Crippen molar-refractivity contribution in [1.29, 1.82) is 0 Å². The Morgan fingerprint density at radius 1 is 1.25 bits per heavy atom. The van der Waals surface area contributed by atoms with Gasteiger partial charge in [0.15, 0.2) is 0 Å². The molecule has 0 aliphatic carbocycles. The molecule has 1 aromatic carbocycles. The fraction of sp³-hybridized carbons (Fsp3) is 0.400. The van der Waals surface area contributed by atoms with Crippen LogP contribution < -0.4 is 5.32 Å². The van der Waals surface area contributed by atoms with Gasteiger partial charge in [0.2, 0.25) is 5.91 Å². The lowest BCUT2D eigenvalue weighted by Gasteiger charge is -2.13. The van der Waals surface area contributed by atoms with Crippen molar-refractivity contribution in [2.75, 3.05) is 11.9 Å². The van der Waals surface area contributed by atoms with Crippen LogP contribution in [0.15, 0.2) is 29.3 Å². The Kier molecular flexibility index (Phi) is 5.43. The first-order chi connectivity index (χ1) is 9.28. The topological polar surface area (TPSA) is 78.8 Å². The molecule has 5 heteroatoms. The molecular formula is C15H20N2O3. The van der Waals surface area contributed by atoms with Gasteiger partial charge in [0.25, 0.3) is 0 Å². The van der Waals surface area contributed by atoms with Crippen molar-refractivity contribution < 1.29 is 14.7 Å². The van der Waals surface area contributed by atoms with Gasteiger partial charge in [-0.25, -0.2) is 4.79 Å². The highest BCUT2D eigenvalue weighted by molar-refractivity contribution is 5.94. The van der Waals surface area contributed by atoms with Crippen LogP contribution in [0.2, 0.25) is 0 Å². The van der Waals surface area contributed by atoms with E-state index in [0.717, 1.165) is 6.42 Å². The predicted molar refractivity (Wildman–Crippen MR) is 79.5 cm³/mol. The summed E-state index contributed by atoms with van der Waals surface area (Å²) in [5.74, 6) is -1.21. The van der Waals surface area contributed by atoms with Crippen molar-refractivity contribution in [3.8, 4) is 0 Å². The molecule has 2 N–H and O–H groups in total. The maximum Gasteiger partial charge on any atom is 0.335 e. The maximum absolute atomic E-state index is 11.6. The summed E-state index contributed by atoms with van der Waals surface area (Å²) in [4.78, 5) is 26.4. The van der Waals surface area contributed by atoms with E-state index >= 15 is 0 Å². The normalized spacial score (nSPS) is 11.6. The molecule has 0 aliphatic rings. The summed E-state index contributed by atoms with van der Waals surface area (Å²) in [6.07, 6.45) is 2.57. The Balaban J connectivity index is 2.44. The molecular weight excluding hydrogens is 256 g/mol. The number of nitrogens with zero attached hydrogens (tertiary/aromatic N) is 1. The van der Waals surface area contributed by atoms with E-state index in [0.29, 0.717) is 5.69 Å². The van der Waals surface area contributed by atoms with E-state index in [1.807, 2.05) is 0 Å². The lowest BCUT2D eigenvalue weighted by Crippen LogP contribution is -2.15. The van der Waals surface area contributed by atoms with Crippen LogP contribution in [-0.2, 0) is 4.79 Å². The van der Waals surface area contributed by atoms with Gasteiger partial charge in [-0.3, -0.25) is 9.79 Å². The number of amides is 1. The molecule has 0 atom stereocenters. The van der Waals surface area contributed by atoms with Gasteiger partial charge in [-0.05, 0) is 42.3 Å². The van der Waals surface area contributed by atoms with Crippen molar-refractivity contribution in [1.82, 2.24) is 0 Å². The molecule has 0 unspecified atom stereocenters. The molecule has 0 heterocycles. The lowest BCUT2D eigenvalue weighted by molar-refractivity contribution is -0.114. The first-order valence-corrected chi connectivity index (χ1v) is 6.39. The second-order valence-corrected chi connectivity index (χ2v) is 5.72. The van der Waals surface area contributed by atoms with Gasteiger partial charge in [0, 0.05) is 5.69 Å². The van der Waals surface area contributed by atoms with Crippen LogP contribution in [0.25, 0.3) is 0 Å². The number of benzene rings is 1. The number of carboxylic acid groups (broad SMARTS) is 1. The molecule has 0 saturated carbocycles. The van der Waals surface area contributed by atoms with Gasteiger partial charge in [-0.1, -0.05) is 20.8 Å². The summed E-state index contributed by atoms with van der Waals surface area (Å²) >= 11 is 0. The molecule has 0 bridgehead atoms. The quantitative estimate of drug-likeness (QED) is 0.812. The van der Waals surface area contributed by atoms with Crippen molar-refractivity contribution in [2.24, 2.45) is 10.4 Å². The Bertz CT molecular complexity index is 499. The number of aliphatic imine (C=N–C) groups is 1. The van der Waals surface area contributed by atoms with Crippen molar-refractivity contribution in [2.45, 2.75) is 27.2 Å². The Morgan fingerprint density at radius 3 is 2.35 bits per heavy atom. The van der Waals surface area contributed by atoms with Crippen molar-refractivity contribution >= 4 is 23.8 Å². The lowest BCUT2D eigenvalue weighted by atomic mass is 9.93. The second kappa shape index (κ2) is 6.84. The maximum atomic E-state index is 11.6.